The maximum Gasteiger partial charge on any atom is 0.0239 e. The fraction of sp³-hybridized carbons (Fsp3) is 0.667. The van der Waals surface area contributed by atoms with Gasteiger partial charge in [0.05, 0.1) is 0 Å². The Labute approximate surface area is 124 Å². The van der Waals surface area contributed by atoms with Crippen molar-refractivity contribution in [2.24, 2.45) is 17.6 Å². The Hall–Kier alpha value is -0.860. The first-order valence-electron chi connectivity index (χ1n) is 8.14. The Balaban J connectivity index is 2.08. The highest BCUT2D eigenvalue weighted by Crippen LogP contribution is 2.32. The molecule has 1 saturated carbocycles. The SMILES string of the molecule is CCN(Cc1ccccc1CN)C1CC(C)CC(C)C1. The first-order chi connectivity index (χ1) is 9.63. The van der Waals surface area contributed by atoms with E-state index < -0.39 is 0 Å². The third kappa shape index (κ3) is 3.83. The van der Waals surface area contributed by atoms with Crippen molar-refractivity contribution in [2.75, 3.05) is 6.54 Å². The number of hydrogen-bond donors (Lipinski definition) is 1. The molecule has 0 spiro atoms. The van der Waals surface area contributed by atoms with Gasteiger partial charge in [0.2, 0.25) is 0 Å². The first-order valence-corrected chi connectivity index (χ1v) is 8.14. The van der Waals surface area contributed by atoms with Gasteiger partial charge >= 0.3 is 0 Å². The van der Waals surface area contributed by atoms with Gasteiger partial charge in [-0.05, 0) is 48.8 Å². The van der Waals surface area contributed by atoms with Gasteiger partial charge in [-0.1, -0.05) is 45.0 Å². The van der Waals surface area contributed by atoms with E-state index in [4.69, 9.17) is 5.73 Å². The molecule has 1 aliphatic carbocycles. The number of hydrogen-bond acceptors (Lipinski definition) is 2. The van der Waals surface area contributed by atoms with Gasteiger partial charge in [0.1, 0.15) is 0 Å². The molecule has 1 fully saturated rings. The summed E-state index contributed by atoms with van der Waals surface area (Å²) in [6.45, 7) is 9.92. The molecule has 2 unspecified atom stereocenters. The monoisotopic (exact) mass is 274 g/mol. The van der Waals surface area contributed by atoms with Crippen molar-refractivity contribution in [3.05, 3.63) is 35.4 Å². The highest BCUT2D eigenvalue weighted by molar-refractivity contribution is 5.26. The van der Waals surface area contributed by atoms with Crippen molar-refractivity contribution in [1.29, 1.82) is 0 Å². The van der Waals surface area contributed by atoms with Gasteiger partial charge in [-0.3, -0.25) is 4.90 Å². The summed E-state index contributed by atoms with van der Waals surface area (Å²) in [4.78, 5) is 2.65. The molecule has 2 heteroatoms. The second-order valence-corrected chi connectivity index (χ2v) is 6.61. The van der Waals surface area contributed by atoms with Crippen LogP contribution >= 0.6 is 0 Å². The van der Waals surface area contributed by atoms with Crippen molar-refractivity contribution < 1.29 is 0 Å². The van der Waals surface area contributed by atoms with E-state index in [0.717, 1.165) is 31.0 Å². The quantitative estimate of drug-likeness (QED) is 0.885. The lowest BCUT2D eigenvalue weighted by atomic mass is 9.79. The minimum Gasteiger partial charge on any atom is -0.326 e. The number of benzene rings is 1. The van der Waals surface area contributed by atoms with Gasteiger partial charge in [0.25, 0.3) is 0 Å². The lowest BCUT2D eigenvalue weighted by Crippen LogP contribution is -2.40. The highest BCUT2D eigenvalue weighted by Gasteiger charge is 2.27. The molecule has 1 aromatic carbocycles. The van der Waals surface area contributed by atoms with Gasteiger partial charge in [0.15, 0.2) is 0 Å². The third-order valence-corrected chi connectivity index (χ3v) is 4.79. The second kappa shape index (κ2) is 7.24. The minimum atomic E-state index is 0.644. The van der Waals surface area contributed by atoms with Gasteiger partial charge in [-0.15, -0.1) is 0 Å². The largest absolute Gasteiger partial charge is 0.326 e. The topological polar surface area (TPSA) is 29.3 Å². The van der Waals surface area contributed by atoms with Crippen LogP contribution in [0.3, 0.4) is 0 Å². The molecule has 0 bridgehead atoms. The molecule has 0 aromatic heterocycles. The predicted molar refractivity (Wildman–Crippen MR) is 86.4 cm³/mol. The summed E-state index contributed by atoms with van der Waals surface area (Å²) in [5.74, 6) is 1.73. The highest BCUT2D eigenvalue weighted by atomic mass is 15.1. The first kappa shape index (κ1) is 15.5. The summed E-state index contributed by atoms with van der Waals surface area (Å²) in [6, 6.07) is 9.36. The van der Waals surface area contributed by atoms with Crippen LogP contribution in [0.15, 0.2) is 24.3 Å². The van der Waals surface area contributed by atoms with E-state index in [1.165, 1.54) is 30.4 Å². The number of nitrogens with zero attached hydrogens (tertiary/aromatic N) is 1. The summed E-state index contributed by atoms with van der Waals surface area (Å²) in [6.07, 6.45) is 4.10. The molecule has 0 saturated heterocycles. The van der Waals surface area contributed by atoms with E-state index in [2.05, 4.69) is 49.9 Å². The Morgan fingerprint density at radius 2 is 1.65 bits per heavy atom. The molecule has 2 N–H and O–H groups in total. The Morgan fingerprint density at radius 1 is 1.05 bits per heavy atom. The van der Waals surface area contributed by atoms with Crippen molar-refractivity contribution in [3.63, 3.8) is 0 Å². The zero-order valence-corrected chi connectivity index (χ0v) is 13.3. The fourth-order valence-electron chi connectivity index (χ4n) is 3.83. The maximum absolute atomic E-state index is 5.87. The molecule has 20 heavy (non-hydrogen) atoms. The van der Waals surface area contributed by atoms with Crippen molar-refractivity contribution in [1.82, 2.24) is 4.90 Å². The van der Waals surface area contributed by atoms with Crippen LogP contribution in [-0.2, 0) is 13.1 Å². The van der Waals surface area contributed by atoms with E-state index in [9.17, 15) is 0 Å². The van der Waals surface area contributed by atoms with Crippen LogP contribution in [0.5, 0.6) is 0 Å². The summed E-state index contributed by atoms with van der Waals surface area (Å²) in [5, 5.41) is 0. The molecule has 1 aliphatic rings. The zero-order chi connectivity index (χ0) is 14.5. The van der Waals surface area contributed by atoms with Gasteiger partial charge in [-0.2, -0.15) is 0 Å². The predicted octanol–water partition coefficient (Wildman–Crippen LogP) is 3.79. The van der Waals surface area contributed by atoms with Crippen LogP contribution in [-0.4, -0.2) is 17.5 Å². The lowest BCUT2D eigenvalue weighted by molar-refractivity contribution is 0.108. The average Bonchev–Trinajstić information content (AvgIpc) is 2.44. The minimum absolute atomic E-state index is 0.644. The summed E-state index contributed by atoms with van der Waals surface area (Å²) >= 11 is 0. The molecule has 0 radical (unpaired) electrons. The molecule has 2 atom stereocenters. The van der Waals surface area contributed by atoms with Gasteiger partial charge in [0, 0.05) is 19.1 Å². The van der Waals surface area contributed by atoms with Crippen LogP contribution < -0.4 is 5.73 Å². The van der Waals surface area contributed by atoms with Crippen LogP contribution in [0.1, 0.15) is 51.2 Å². The maximum atomic E-state index is 5.87. The smallest absolute Gasteiger partial charge is 0.0239 e. The molecule has 2 rings (SSSR count). The van der Waals surface area contributed by atoms with Crippen molar-refractivity contribution >= 4 is 0 Å². The van der Waals surface area contributed by atoms with Crippen molar-refractivity contribution in [2.45, 2.75) is 59.2 Å². The number of rotatable bonds is 5. The van der Waals surface area contributed by atoms with Crippen LogP contribution in [0.25, 0.3) is 0 Å². The van der Waals surface area contributed by atoms with Gasteiger partial charge < -0.3 is 5.73 Å². The lowest BCUT2D eigenvalue weighted by Gasteiger charge is -2.39. The van der Waals surface area contributed by atoms with E-state index in [0.29, 0.717) is 6.54 Å². The molecule has 112 valence electrons. The molecule has 1 aromatic rings. The molecule has 0 amide bonds. The zero-order valence-electron chi connectivity index (χ0n) is 13.3. The van der Waals surface area contributed by atoms with Gasteiger partial charge in [-0.25, -0.2) is 0 Å². The van der Waals surface area contributed by atoms with Crippen molar-refractivity contribution in [3.8, 4) is 0 Å². The molecule has 2 nitrogen and oxygen atoms in total. The molecular formula is C18H30N2. The Bertz CT molecular complexity index is 406. The molecule has 0 aliphatic heterocycles. The summed E-state index contributed by atoms with van der Waals surface area (Å²) in [5.41, 5.74) is 8.57. The van der Waals surface area contributed by atoms with Crippen LogP contribution in [0.2, 0.25) is 0 Å². The fourth-order valence-corrected chi connectivity index (χ4v) is 3.83. The number of nitrogens with two attached hydrogens (primary N) is 1. The summed E-state index contributed by atoms with van der Waals surface area (Å²) < 4.78 is 0. The summed E-state index contributed by atoms with van der Waals surface area (Å²) in [7, 11) is 0. The van der Waals surface area contributed by atoms with Crippen LogP contribution in [0, 0.1) is 11.8 Å². The van der Waals surface area contributed by atoms with E-state index in [-0.39, 0.29) is 0 Å². The normalized spacial score (nSPS) is 26.9. The third-order valence-electron chi connectivity index (χ3n) is 4.79. The Morgan fingerprint density at radius 3 is 2.20 bits per heavy atom. The average molecular weight is 274 g/mol. The van der Waals surface area contributed by atoms with E-state index in [1.807, 2.05) is 0 Å². The molecule has 0 heterocycles. The second-order valence-electron chi connectivity index (χ2n) is 6.61. The standard InChI is InChI=1S/C18H30N2/c1-4-20(18-10-14(2)9-15(3)11-18)13-17-8-6-5-7-16(17)12-19/h5-8,14-15,18H,4,9-13,19H2,1-3H3. The van der Waals surface area contributed by atoms with E-state index in [1.54, 1.807) is 0 Å². The van der Waals surface area contributed by atoms with Crippen LogP contribution in [0.4, 0.5) is 0 Å². The molecular weight excluding hydrogens is 244 g/mol. The van der Waals surface area contributed by atoms with E-state index >= 15 is 0 Å². The Kier molecular flexibility index (Phi) is 5.62.